The van der Waals surface area contributed by atoms with Gasteiger partial charge in [-0.05, 0) is 30.5 Å². The molecule has 9 nitrogen and oxygen atoms in total. The van der Waals surface area contributed by atoms with Crippen LogP contribution in [0.3, 0.4) is 0 Å². The van der Waals surface area contributed by atoms with Crippen LogP contribution in [0.15, 0.2) is 36.9 Å². The molecule has 1 aliphatic heterocycles. The lowest BCUT2D eigenvalue weighted by atomic mass is 9.96. The summed E-state index contributed by atoms with van der Waals surface area (Å²) in [7, 11) is 0. The first kappa shape index (κ1) is 19.7. The van der Waals surface area contributed by atoms with Gasteiger partial charge in [-0.2, -0.15) is 0 Å². The molecule has 0 spiro atoms. The lowest BCUT2D eigenvalue weighted by molar-refractivity contribution is -0.0511. The van der Waals surface area contributed by atoms with Gasteiger partial charge in [0.1, 0.15) is 24.6 Å². The number of nitrogens with zero attached hydrogens (tertiary/aromatic N) is 4. The Morgan fingerprint density at radius 2 is 2.03 bits per heavy atom. The molecule has 10 heteroatoms. The van der Waals surface area contributed by atoms with E-state index in [2.05, 4.69) is 26.3 Å². The molecule has 4 atom stereocenters. The quantitative estimate of drug-likeness (QED) is 0.459. The maximum absolute atomic E-state index is 10.3. The van der Waals surface area contributed by atoms with E-state index in [1.54, 1.807) is 4.57 Å². The van der Waals surface area contributed by atoms with Crippen LogP contribution in [0.5, 0.6) is 0 Å². The molecule has 2 unspecified atom stereocenters. The van der Waals surface area contributed by atoms with E-state index in [4.69, 9.17) is 16.3 Å². The molecule has 158 valence electrons. The number of fused-ring (bicyclic) bond motifs is 1. The molecular weight excluding hydrogens is 410 g/mol. The second-order valence-electron chi connectivity index (χ2n) is 7.92. The van der Waals surface area contributed by atoms with E-state index in [9.17, 15) is 15.3 Å². The Labute approximate surface area is 177 Å². The Bertz CT molecular complexity index is 1070. The molecular formula is C20H22ClN5O4. The monoisotopic (exact) mass is 431 g/mol. The summed E-state index contributed by atoms with van der Waals surface area (Å²) < 4.78 is 7.15. The van der Waals surface area contributed by atoms with Gasteiger partial charge in [0, 0.05) is 17.0 Å². The minimum Gasteiger partial charge on any atom is -0.394 e. The van der Waals surface area contributed by atoms with Crippen LogP contribution in [0.1, 0.15) is 24.6 Å². The number of hydrogen-bond donors (Lipinski definition) is 4. The van der Waals surface area contributed by atoms with E-state index in [1.807, 2.05) is 18.2 Å². The van der Waals surface area contributed by atoms with E-state index >= 15 is 0 Å². The Morgan fingerprint density at radius 3 is 2.73 bits per heavy atom. The zero-order valence-corrected chi connectivity index (χ0v) is 16.8. The first-order valence-electron chi connectivity index (χ1n) is 9.82. The van der Waals surface area contributed by atoms with E-state index in [0.29, 0.717) is 23.5 Å². The fourth-order valence-electron chi connectivity index (χ4n) is 4.07. The fourth-order valence-corrected chi connectivity index (χ4v) is 4.26. The molecule has 2 aromatic heterocycles. The van der Waals surface area contributed by atoms with Gasteiger partial charge in [0.2, 0.25) is 0 Å². The summed E-state index contributed by atoms with van der Waals surface area (Å²) in [5.41, 5.74) is 2.23. The highest BCUT2D eigenvalue weighted by atomic mass is 35.5. The van der Waals surface area contributed by atoms with Crippen molar-refractivity contribution in [1.82, 2.24) is 19.5 Å². The van der Waals surface area contributed by atoms with Crippen molar-refractivity contribution >= 4 is 28.6 Å². The maximum atomic E-state index is 10.3. The summed E-state index contributed by atoms with van der Waals surface area (Å²) in [4.78, 5) is 13.0. The molecule has 0 bridgehead atoms. The van der Waals surface area contributed by atoms with Gasteiger partial charge in [-0.25, -0.2) is 15.0 Å². The van der Waals surface area contributed by atoms with Crippen molar-refractivity contribution in [3.63, 3.8) is 0 Å². The number of rotatable bonds is 6. The lowest BCUT2D eigenvalue weighted by Gasteiger charge is -2.18. The Balaban J connectivity index is 1.39. The molecule has 0 amide bonds. The van der Waals surface area contributed by atoms with Crippen molar-refractivity contribution in [2.24, 2.45) is 0 Å². The second kappa shape index (κ2) is 7.44. The molecule has 4 N–H and O–H groups in total. The predicted molar refractivity (Wildman–Crippen MR) is 109 cm³/mol. The summed E-state index contributed by atoms with van der Waals surface area (Å²) in [6.07, 6.45) is 0.878. The molecule has 30 heavy (non-hydrogen) atoms. The highest BCUT2D eigenvalue weighted by Gasteiger charge is 2.45. The van der Waals surface area contributed by atoms with Crippen molar-refractivity contribution in [3.8, 4) is 0 Å². The first-order valence-corrected chi connectivity index (χ1v) is 10.2. The van der Waals surface area contributed by atoms with Gasteiger partial charge in [-0.15, -0.1) is 0 Å². The summed E-state index contributed by atoms with van der Waals surface area (Å²) in [5.74, 6) is 0.582. The molecule has 3 heterocycles. The van der Waals surface area contributed by atoms with Gasteiger partial charge in [0.05, 0.1) is 12.9 Å². The fraction of sp³-hybridized carbons (Fsp3) is 0.450. The SMILES string of the molecule is OC[C@H]1O[C@@H](n2cnc3c(NCC4(c5cccc(Cl)c5)CC4)ncnc32)C(O)C1O. The van der Waals surface area contributed by atoms with Gasteiger partial charge in [-0.1, -0.05) is 23.7 Å². The molecule has 1 saturated heterocycles. The largest absolute Gasteiger partial charge is 0.394 e. The Morgan fingerprint density at radius 1 is 1.20 bits per heavy atom. The number of nitrogens with one attached hydrogen (secondary N) is 1. The zero-order chi connectivity index (χ0) is 20.9. The van der Waals surface area contributed by atoms with Crippen molar-refractivity contribution in [2.45, 2.75) is 42.8 Å². The van der Waals surface area contributed by atoms with E-state index in [0.717, 1.165) is 17.9 Å². The number of hydrogen-bond acceptors (Lipinski definition) is 8. The smallest absolute Gasteiger partial charge is 0.167 e. The van der Waals surface area contributed by atoms with Crippen LogP contribution in [0, 0.1) is 0 Å². The number of ether oxygens (including phenoxy) is 1. The number of anilines is 1. The topological polar surface area (TPSA) is 126 Å². The number of benzene rings is 1. The molecule has 2 fully saturated rings. The summed E-state index contributed by atoms with van der Waals surface area (Å²) in [6, 6.07) is 7.92. The normalized spacial score (nSPS) is 27.5. The number of aliphatic hydroxyl groups excluding tert-OH is 3. The van der Waals surface area contributed by atoms with E-state index in [-0.39, 0.29) is 5.41 Å². The zero-order valence-electron chi connectivity index (χ0n) is 16.0. The molecule has 1 saturated carbocycles. The Kier molecular flexibility index (Phi) is 4.87. The third kappa shape index (κ3) is 3.23. The molecule has 1 aliphatic carbocycles. The molecule has 1 aromatic carbocycles. The van der Waals surface area contributed by atoms with Crippen LogP contribution in [0.25, 0.3) is 11.2 Å². The predicted octanol–water partition coefficient (Wildman–Crippen LogP) is 1.23. The molecule has 3 aromatic rings. The molecule has 2 aliphatic rings. The minimum absolute atomic E-state index is 0.0218. The summed E-state index contributed by atoms with van der Waals surface area (Å²) in [6.45, 7) is 0.287. The number of halogens is 1. The van der Waals surface area contributed by atoms with Crippen LogP contribution >= 0.6 is 11.6 Å². The van der Waals surface area contributed by atoms with E-state index in [1.165, 1.54) is 18.2 Å². The van der Waals surface area contributed by atoms with Crippen LogP contribution in [-0.4, -0.2) is 66.3 Å². The van der Waals surface area contributed by atoms with Crippen molar-refractivity contribution in [3.05, 3.63) is 47.5 Å². The van der Waals surface area contributed by atoms with Crippen LogP contribution in [0.4, 0.5) is 5.82 Å². The van der Waals surface area contributed by atoms with Crippen LogP contribution < -0.4 is 5.32 Å². The first-order chi connectivity index (χ1) is 14.5. The summed E-state index contributed by atoms with van der Waals surface area (Å²) in [5, 5.41) is 33.8. The van der Waals surface area contributed by atoms with Crippen LogP contribution in [-0.2, 0) is 10.2 Å². The minimum atomic E-state index is -1.21. The molecule has 5 rings (SSSR count). The summed E-state index contributed by atoms with van der Waals surface area (Å²) >= 11 is 6.16. The van der Waals surface area contributed by atoms with Gasteiger partial charge >= 0.3 is 0 Å². The maximum Gasteiger partial charge on any atom is 0.167 e. The average molecular weight is 432 g/mol. The van der Waals surface area contributed by atoms with Crippen molar-refractivity contribution in [1.29, 1.82) is 0 Å². The van der Waals surface area contributed by atoms with Crippen molar-refractivity contribution in [2.75, 3.05) is 18.5 Å². The number of imidazole rings is 1. The third-order valence-electron chi connectivity index (χ3n) is 6.03. The van der Waals surface area contributed by atoms with Gasteiger partial charge < -0.3 is 25.4 Å². The number of aromatic nitrogens is 4. The van der Waals surface area contributed by atoms with Gasteiger partial charge in [0.25, 0.3) is 0 Å². The van der Waals surface area contributed by atoms with Crippen LogP contribution in [0.2, 0.25) is 5.02 Å². The highest BCUT2D eigenvalue weighted by Crippen LogP contribution is 2.48. The number of aliphatic hydroxyl groups is 3. The van der Waals surface area contributed by atoms with Gasteiger partial charge in [0.15, 0.2) is 23.2 Å². The van der Waals surface area contributed by atoms with Crippen molar-refractivity contribution < 1.29 is 20.1 Å². The lowest BCUT2D eigenvalue weighted by Crippen LogP contribution is -2.33. The standard InChI is InChI=1S/C20H22ClN5O4/c21-12-3-1-2-11(6-12)20(4-5-20)8-22-17-14-18(24-9-23-17)26(10-25-14)19-16(29)15(28)13(7-27)30-19/h1-3,6,9-10,13,15-16,19,27-29H,4-5,7-8H2,(H,22,23,24)/t13-,15?,16?,19-/m1/s1. The second-order valence-corrected chi connectivity index (χ2v) is 8.36. The molecule has 0 radical (unpaired) electrons. The average Bonchev–Trinajstić information content (AvgIpc) is 3.35. The third-order valence-corrected chi connectivity index (χ3v) is 6.27. The Hall–Kier alpha value is -2.30. The van der Waals surface area contributed by atoms with E-state index < -0.39 is 31.1 Å². The highest BCUT2D eigenvalue weighted by molar-refractivity contribution is 6.30. The van der Waals surface area contributed by atoms with Gasteiger partial charge in [-0.3, -0.25) is 4.57 Å².